The van der Waals surface area contributed by atoms with E-state index in [1.807, 2.05) is 18.5 Å². The molecular weight excluding hydrogens is 362 g/mol. The van der Waals surface area contributed by atoms with Gasteiger partial charge in [-0.25, -0.2) is 19.9 Å². The molecule has 1 fully saturated rings. The van der Waals surface area contributed by atoms with E-state index in [1.54, 1.807) is 18.6 Å². The third-order valence-corrected chi connectivity index (χ3v) is 5.85. The maximum atomic E-state index is 4.88. The molecule has 4 heterocycles. The fourth-order valence-electron chi connectivity index (χ4n) is 4.43. The summed E-state index contributed by atoms with van der Waals surface area (Å²) < 4.78 is 4.33. The molecule has 0 N–H and O–H groups in total. The molecule has 0 aliphatic heterocycles. The lowest BCUT2D eigenvalue weighted by Gasteiger charge is -2.10. The number of imidazole rings is 2. The van der Waals surface area contributed by atoms with Gasteiger partial charge in [0.2, 0.25) is 0 Å². The van der Waals surface area contributed by atoms with E-state index in [1.165, 1.54) is 36.9 Å². The second-order valence-corrected chi connectivity index (χ2v) is 7.74. The van der Waals surface area contributed by atoms with E-state index in [2.05, 4.69) is 37.1 Å². The van der Waals surface area contributed by atoms with Crippen molar-refractivity contribution in [1.82, 2.24) is 34.1 Å². The summed E-state index contributed by atoms with van der Waals surface area (Å²) in [6.45, 7) is 3.65. The van der Waals surface area contributed by atoms with E-state index in [0.717, 1.165) is 36.0 Å². The molecule has 7 heteroatoms. The van der Waals surface area contributed by atoms with Crippen molar-refractivity contribution < 1.29 is 0 Å². The molecule has 1 saturated carbocycles. The smallest absolute Gasteiger partial charge is 0.195 e. The monoisotopic (exact) mass is 387 g/mol. The molecule has 7 nitrogen and oxygen atoms in total. The van der Waals surface area contributed by atoms with Crippen LogP contribution in [0.3, 0.4) is 0 Å². The van der Waals surface area contributed by atoms with E-state index in [0.29, 0.717) is 12.4 Å². The molecule has 0 unspecified atom stereocenters. The molecule has 5 rings (SSSR count). The Morgan fingerprint density at radius 1 is 1.03 bits per heavy atom. The van der Waals surface area contributed by atoms with E-state index in [9.17, 15) is 0 Å². The standard InChI is InChI=1S/C22H25N7/c1-2-29-19-13-17(12-16-6-3-4-7-16)26-14-18(19)27-20(29)15-28-11-10-25-22(28)21-23-8-5-9-24-21/h5,8-11,13-14,16H,2-4,6-7,12,15H2,1H3. The molecule has 0 aromatic carbocycles. The molecule has 0 bridgehead atoms. The number of hydrogen-bond acceptors (Lipinski definition) is 5. The molecule has 0 amide bonds. The van der Waals surface area contributed by atoms with Gasteiger partial charge in [0.15, 0.2) is 11.6 Å². The minimum Gasteiger partial charge on any atom is -0.327 e. The van der Waals surface area contributed by atoms with Crippen molar-refractivity contribution in [2.75, 3.05) is 0 Å². The van der Waals surface area contributed by atoms with Crippen LogP contribution < -0.4 is 0 Å². The zero-order valence-corrected chi connectivity index (χ0v) is 16.7. The molecule has 148 valence electrons. The zero-order chi connectivity index (χ0) is 19.6. The van der Waals surface area contributed by atoms with E-state index in [4.69, 9.17) is 9.97 Å². The first-order valence-electron chi connectivity index (χ1n) is 10.4. The Balaban J connectivity index is 1.47. The largest absolute Gasteiger partial charge is 0.327 e. The maximum absolute atomic E-state index is 4.88. The van der Waals surface area contributed by atoms with Crippen LogP contribution in [0.25, 0.3) is 22.7 Å². The second-order valence-electron chi connectivity index (χ2n) is 7.74. The molecule has 0 saturated heterocycles. The average molecular weight is 387 g/mol. The molecular formula is C22H25N7. The van der Waals surface area contributed by atoms with E-state index in [-0.39, 0.29) is 0 Å². The average Bonchev–Trinajstić information content (AvgIpc) is 3.49. The van der Waals surface area contributed by atoms with Gasteiger partial charge in [0.1, 0.15) is 11.3 Å². The van der Waals surface area contributed by atoms with Crippen LogP contribution in [0.1, 0.15) is 44.1 Å². The maximum Gasteiger partial charge on any atom is 0.195 e. The summed E-state index contributed by atoms with van der Waals surface area (Å²) in [7, 11) is 0. The summed E-state index contributed by atoms with van der Waals surface area (Å²) in [5.41, 5.74) is 3.31. The first kappa shape index (κ1) is 18.0. The predicted molar refractivity (Wildman–Crippen MR) is 111 cm³/mol. The van der Waals surface area contributed by atoms with Gasteiger partial charge in [0.05, 0.1) is 18.3 Å². The van der Waals surface area contributed by atoms with E-state index < -0.39 is 0 Å². The third-order valence-electron chi connectivity index (χ3n) is 5.85. The topological polar surface area (TPSA) is 74.3 Å². The van der Waals surface area contributed by atoms with Gasteiger partial charge < -0.3 is 9.13 Å². The minimum atomic E-state index is 0.619. The van der Waals surface area contributed by atoms with Crippen molar-refractivity contribution in [3.8, 4) is 11.6 Å². The summed E-state index contributed by atoms with van der Waals surface area (Å²) in [5, 5.41) is 0. The Labute approximate surface area is 169 Å². The Morgan fingerprint density at radius 3 is 2.66 bits per heavy atom. The minimum absolute atomic E-state index is 0.619. The molecule has 1 aliphatic rings. The highest BCUT2D eigenvalue weighted by Gasteiger charge is 2.18. The van der Waals surface area contributed by atoms with Gasteiger partial charge in [-0.05, 0) is 31.4 Å². The molecule has 0 radical (unpaired) electrons. The summed E-state index contributed by atoms with van der Waals surface area (Å²) in [5.74, 6) is 3.16. The number of fused-ring (bicyclic) bond motifs is 1. The quantitative estimate of drug-likeness (QED) is 0.502. The number of rotatable bonds is 6. The molecule has 4 aromatic heterocycles. The van der Waals surface area contributed by atoms with Crippen LogP contribution in [0, 0.1) is 5.92 Å². The van der Waals surface area contributed by atoms with Crippen LogP contribution >= 0.6 is 0 Å². The van der Waals surface area contributed by atoms with Crippen LogP contribution in [-0.2, 0) is 19.5 Å². The van der Waals surface area contributed by atoms with Crippen LogP contribution in [0.5, 0.6) is 0 Å². The van der Waals surface area contributed by atoms with Gasteiger partial charge in [-0.3, -0.25) is 4.98 Å². The Bertz CT molecular complexity index is 1110. The van der Waals surface area contributed by atoms with Gasteiger partial charge in [-0.15, -0.1) is 0 Å². The highest BCUT2D eigenvalue weighted by Crippen LogP contribution is 2.28. The lowest BCUT2D eigenvalue weighted by Crippen LogP contribution is -2.09. The highest BCUT2D eigenvalue weighted by atomic mass is 15.2. The molecule has 1 aliphatic carbocycles. The van der Waals surface area contributed by atoms with Gasteiger partial charge in [0.25, 0.3) is 0 Å². The summed E-state index contributed by atoms with van der Waals surface area (Å²) >= 11 is 0. The van der Waals surface area contributed by atoms with Crippen LogP contribution in [-0.4, -0.2) is 34.1 Å². The number of hydrogen-bond donors (Lipinski definition) is 0. The summed E-state index contributed by atoms with van der Waals surface area (Å²) in [6, 6.07) is 4.05. The second kappa shape index (κ2) is 7.73. The van der Waals surface area contributed by atoms with Gasteiger partial charge in [0, 0.05) is 37.0 Å². The lowest BCUT2D eigenvalue weighted by atomic mass is 10.0. The van der Waals surface area contributed by atoms with Gasteiger partial charge in [-0.2, -0.15) is 0 Å². The van der Waals surface area contributed by atoms with Crippen molar-refractivity contribution >= 4 is 11.0 Å². The Kier molecular flexibility index (Phi) is 4.79. The molecule has 4 aromatic rings. The van der Waals surface area contributed by atoms with Crippen LogP contribution in [0.2, 0.25) is 0 Å². The van der Waals surface area contributed by atoms with Crippen LogP contribution in [0.4, 0.5) is 0 Å². The first-order chi connectivity index (χ1) is 14.3. The van der Waals surface area contributed by atoms with Crippen molar-refractivity contribution in [3.63, 3.8) is 0 Å². The van der Waals surface area contributed by atoms with Crippen molar-refractivity contribution in [2.24, 2.45) is 5.92 Å². The van der Waals surface area contributed by atoms with Crippen molar-refractivity contribution in [1.29, 1.82) is 0 Å². The van der Waals surface area contributed by atoms with E-state index >= 15 is 0 Å². The Hall–Kier alpha value is -3.09. The third kappa shape index (κ3) is 3.52. The van der Waals surface area contributed by atoms with Crippen molar-refractivity contribution in [2.45, 2.75) is 52.1 Å². The van der Waals surface area contributed by atoms with Gasteiger partial charge in [-0.1, -0.05) is 25.7 Å². The SMILES string of the molecule is CCn1c(Cn2ccnc2-c2ncccn2)nc2cnc(CC3CCCC3)cc21. The van der Waals surface area contributed by atoms with Gasteiger partial charge >= 0.3 is 0 Å². The lowest BCUT2D eigenvalue weighted by molar-refractivity contribution is 0.539. The van der Waals surface area contributed by atoms with Crippen LogP contribution in [0.15, 0.2) is 43.1 Å². The summed E-state index contributed by atoms with van der Waals surface area (Å²) in [4.78, 5) is 22.7. The molecule has 0 spiro atoms. The Morgan fingerprint density at radius 2 is 1.86 bits per heavy atom. The highest BCUT2D eigenvalue weighted by molar-refractivity contribution is 5.75. The zero-order valence-electron chi connectivity index (χ0n) is 16.7. The number of aryl methyl sites for hydroxylation is 1. The normalized spacial score (nSPS) is 14.8. The molecule has 0 atom stereocenters. The first-order valence-corrected chi connectivity index (χ1v) is 10.4. The fourth-order valence-corrected chi connectivity index (χ4v) is 4.43. The number of pyridine rings is 1. The predicted octanol–water partition coefficient (Wildman–Crippen LogP) is 3.89. The number of nitrogens with zero attached hydrogens (tertiary/aromatic N) is 7. The van der Waals surface area contributed by atoms with Crippen molar-refractivity contribution in [3.05, 3.63) is 54.6 Å². The summed E-state index contributed by atoms with van der Waals surface area (Å²) in [6.07, 6.45) is 15.6. The molecule has 29 heavy (non-hydrogen) atoms. The number of aromatic nitrogens is 7. The fraction of sp³-hybridized carbons (Fsp3) is 0.409.